The van der Waals surface area contributed by atoms with Crippen molar-refractivity contribution in [2.45, 2.75) is 63.1 Å². The molecule has 1 unspecified atom stereocenters. The summed E-state index contributed by atoms with van der Waals surface area (Å²) in [5.74, 6) is 1.62. The Bertz CT molecular complexity index is 826. The highest BCUT2D eigenvalue weighted by atomic mass is 19.4. The number of rotatable bonds is 4. The minimum Gasteiger partial charge on any atom is -0.339 e. The van der Waals surface area contributed by atoms with Gasteiger partial charge in [-0.05, 0) is 48.6 Å². The topological polar surface area (TPSA) is 46.3 Å². The van der Waals surface area contributed by atoms with Gasteiger partial charge in [-0.1, -0.05) is 73.5 Å². The molecule has 1 aliphatic carbocycles. The number of piperidine rings is 1. The van der Waals surface area contributed by atoms with Gasteiger partial charge in [0.2, 0.25) is 5.91 Å². The summed E-state index contributed by atoms with van der Waals surface area (Å²) in [5.41, 5.74) is 6.92. The molecule has 0 radical (unpaired) electrons. The highest BCUT2D eigenvalue weighted by Crippen LogP contribution is 2.44. The molecule has 1 saturated heterocycles. The van der Waals surface area contributed by atoms with Crippen LogP contribution in [0.4, 0.5) is 13.2 Å². The normalized spacial score (nSPS) is 23.0. The first kappa shape index (κ1) is 24.3. The van der Waals surface area contributed by atoms with Crippen LogP contribution in [0, 0.1) is 5.92 Å². The number of hydrogen-bond donors (Lipinski definition) is 1. The summed E-state index contributed by atoms with van der Waals surface area (Å²) >= 11 is 0. The lowest BCUT2D eigenvalue weighted by molar-refractivity contribution is -0.138. The molecule has 1 amide bonds. The number of halogens is 3. The van der Waals surface area contributed by atoms with Crippen molar-refractivity contribution in [3.05, 3.63) is 71.8 Å². The highest BCUT2D eigenvalue weighted by Gasteiger charge is 2.41. The van der Waals surface area contributed by atoms with Crippen LogP contribution < -0.4 is 5.73 Å². The third kappa shape index (κ3) is 6.83. The highest BCUT2D eigenvalue weighted by molar-refractivity contribution is 5.77. The van der Waals surface area contributed by atoms with Gasteiger partial charge in [0.15, 0.2) is 0 Å². The minimum atomic E-state index is -4.18. The van der Waals surface area contributed by atoms with Crippen molar-refractivity contribution >= 4 is 5.91 Å². The van der Waals surface area contributed by atoms with Crippen LogP contribution >= 0.6 is 0 Å². The summed E-state index contributed by atoms with van der Waals surface area (Å²) in [4.78, 5) is 15.2. The Hall–Kier alpha value is -2.34. The number of aryl methyl sites for hydroxylation is 1. The number of fused-ring (bicyclic) bond motifs is 1. The number of carbonyl (C=O) groups excluding carboxylic acids is 1. The first-order valence-corrected chi connectivity index (χ1v) is 11.5. The van der Waals surface area contributed by atoms with Gasteiger partial charge in [-0.25, -0.2) is 0 Å². The van der Waals surface area contributed by atoms with E-state index < -0.39 is 12.7 Å². The SMILES string of the molecule is NCC(F)(F)F.O=C(CCc1ccccc1)N1CC[C@H](c2ccccc2)C2CCCC[C@H]21. The van der Waals surface area contributed by atoms with E-state index in [-0.39, 0.29) is 0 Å². The average Bonchev–Trinajstić information content (AvgIpc) is 2.83. The molecule has 4 rings (SSSR count). The number of nitrogens with two attached hydrogens (primary N) is 1. The maximum atomic E-state index is 13.0. The lowest BCUT2D eigenvalue weighted by Gasteiger charge is -2.48. The number of nitrogens with zero attached hydrogens (tertiary/aromatic N) is 1. The van der Waals surface area contributed by atoms with Crippen LogP contribution in [0.5, 0.6) is 0 Å². The fourth-order valence-corrected chi connectivity index (χ4v) is 5.12. The summed E-state index contributed by atoms with van der Waals surface area (Å²) < 4.78 is 32.0. The molecule has 0 bridgehead atoms. The van der Waals surface area contributed by atoms with E-state index in [0.29, 0.717) is 30.2 Å². The fourth-order valence-electron chi connectivity index (χ4n) is 5.12. The molecule has 2 fully saturated rings. The Morgan fingerprint density at radius 1 is 0.938 bits per heavy atom. The number of hydrogen-bond acceptors (Lipinski definition) is 2. The number of alkyl halides is 3. The summed E-state index contributed by atoms with van der Waals surface area (Å²) in [6.45, 7) is -0.304. The maximum Gasteiger partial charge on any atom is 0.400 e. The quantitative estimate of drug-likeness (QED) is 0.655. The molecular formula is C26H33F3N2O. The van der Waals surface area contributed by atoms with E-state index in [0.717, 1.165) is 19.4 Å². The second-order valence-corrected chi connectivity index (χ2v) is 8.71. The maximum absolute atomic E-state index is 13.0. The molecule has 1 aliphatic heterocycles. The molecule has 0 aromatic heterocycles. The van der Waals surface area contributed by atoms with Gasteiger partial charge in [0.25, 0.3) is 0 Å². The van der Waals surface area contributed by atoms with Crippen LogP contribution in [0.25, 0.3) is 0 Å². The van der Waals surface area contributed by atoms with Gasteiger partial charge in [-0.15, -0.1) is 0 Å². The Labute approximate surface area is 188 Å². The van der Waals surface area contributed by atoms with Crippen molar-refractivity contribution in [3.63, 3.8) is 0 Å². The van der Waals surface area contributed by atoms with Crippen LogP contribution in [0.2, 0.25) is 0 Å². The van der Waals surface area contributed by atoms with Crippen LogP contribution in [0.1, 0.15) is 55.6 Å². The predicted octanol–water partition coefficient (Wildman–Crippen LogP) is 5.70. The molecule has 3 nitrogen and oxygen atoms in total. The second-order valence-electron chi connectivity index (χ2n) is 8.71. The summed E-state index contributed by atoms with van der Waals surface area (Å²) in [7, 11) is 0. The number of benzene rings is 2. The molecule has 2 aromatic rings. The fraction of sp³-hybridized carbons (Fsp3) is 0.500. The van der Waals surface area contributed by atoms with Crippen LogP contribution in [-0.4, -0.2) is 36.1 Å². The van der Waals surface area contributed by atoms with Crippen molar-refractivity contribution in [1.29, 1.82) is 0 Å². The monoisotopic (exact) mass is 446 g/mol. The third-order valence-corrected chi connectivity index (χ3v) is 6.63. The molecule has 32 heavy (non-hydrogen) atoms. The van der Waals surface area contributed by atoms with Gasteiger partial charge in [0.05, 0.1) is 6.54 Å². The Kier molecular flexibility index (Phi) is 8.74. The zero-order valence-electron chi connectivity index (χ0n) is 18.4. The molecule has 3 atom stereocenters. The minimum absolute atomic E-state index is 0.359. The van der Waals surface area contributed by atoms with Gasteiger partial charge in [-0.2, -0.15) is 13.2 Å². The lowest BCUT2D eigenvalue weighted by Crippen LogP contribution is -2.52. The first-order chi connectivity index (χ1) is 15.4. The van der Waals surface area contributed by atoms with E-state index in [1.54, 1.807) is 0 Å². The molecule has 1 saturated carbocycles. The van der Waals surface area contributed by atoms with Gasteiger partial charge < -0.3 is 10.6 Å². The van der Waals surface area contributed by atoms with E-state index in [1.165, 1.54) is 36.8 Å². The van der Waals surface area contributed by atoms with Gasteiger partial charge in [0, 0.05) is 19.0 Å². The van der Waals surface area contributed by atoms with E-state index in [1.807, 2.05) is 6.07 Å². The van der Waals surface area contributed by atoms with Gasteiger partial charge >= 0.3 is 6.18 Å². The number of likely N-dealkylation sites (tertiary alicyclic amines) is 1. The van der Waals surface area contributed by atoms with Gasteiger partial charge in [-0.3, -0.25) is 4.79 Å². The van der Waals surface area contributed by atoms with Gasteiger partial charge in [0.1, 0.15) is 0 Å². The van der Waals surface area contributed by atoms with E-state index in [9.17, 15) is 18.0 Å². The smallest absolute Gasteiger partial charge is 0.339 e. The number of carbonyl (C=O) groups is 1. The Morgan fingerprint density at radius 2 is 1.53 bits per heavy atom. The molecule has 2 N–H and O–H groups in total. The summed E-state index contributed by atoms with van der Waals surface area (Å²) in [5, 5.41) is 0. The average molecular weight is 447 g/mol. The van der Waals surface area contributed by atoms with E-state index >= 15 is 0 Å². The van der Waals surface area contributed by atoms with Crippen molar-refractivity contribution in [1.82, 2.24) is 4.90 Å². The lowest BCUT2D eigenvalue weighted by atomic mass is 9.69. The van der Waals surface area contributed by atoms with Crippen molar-refractivity contribution < 1.29 is 18.0 Å². The molecule has 2 aromatic carbocycles. The molecule has 1 heterocycles. The Balaban J connectivity index is 0.000000427. The molecule has 6 heteroatoms. The largest absolute Gasteiger partial charge is 0.400 e. The second kappa shape index (κ2) is 11.5. The van der Waals surface area contributed by atoms with E-state index in [4.69, 9.17) is 0 Å². The van der Waals surface area contributed by atoms with Crippen LogP contribution in [0.15, 0.2) is 60.7 Å². The standard InChI is InChI=1S/C24H29NO.C2H4F3N/c26-24(16-15-19-9-3-1-4-10-19)25-18-17-21(20-11-5-2-6-12-20)22-13-7-8-14-23(22)25;3-2(4,5)1-6/h1-6,9-12,21-23H,7-8,13-18H2;1,6H2/t21-,22?,23-;/m1./s1. The molecular weight excluding hydrogens is 413 g/mol. The zero-order chi connectivity index (χ0) is 23.0. The van der Waals surface area contributed by atoms with Crippen LogP contribution in [-0.2, 0) is 11.2 Å². The number of amides is 1. The van der Waals surface area contributed by atoms with Crippen molar-refractivity contribution in [3.8, 4) is 0 Å². The molecule has 174 valence electrons. The van der Waals surface area contributed by atoms with Crippen LogP contribution in [0.3, 0.4) is 0 Å². The third-order valence-electron chi connectivity index (χ3n) is 6.63. The summed E-state index contributed by atoms with van der Waals surface area (Å²) in [6.07, 6.45) is 3.47. The zero-order valence-corrected chi connectivity index (χ0v) is 18.4. The summed E-state index contributed by atoms with van der Waals surface area (Å²) in [6, 6.07) is 21.8. The first-order valence-electron chi connectivity index (χ1n) is 11.5. The Morgan fingerprint density at radius 3 is 2.16 bits per heavy atom. The predicted molar refractivity (Wildman–Crippen MR) is 121 cm³/mol. The van der Waals surface area contributed by atoms with Crippen molar-refractivity contribution in [2.75, 3.05) is 13.1 Å². The molecule has 2 aliphatic rings. The van der Waals surface area contributed by atoms with E-state index in [2.05, 4.69) is 65.2 Å². The molecule has 0 spiro atoms. The van der Waals surface area contributed by atoms with Crippen molar-refractivity contribution in [2.24, 2.45) is 11.7 Å².